The molecular weight excluding hydrogens is 689 g/mol. The van der Waals surface area contributed by atoms with Crippen LogP contribution in [0.25, 0.3) is 5.65 Å². The molecule has 0 radical (unpaired) electrons. The summed E-state index contributed by atoms with van der Waals surface area (Å²) in [5, 5.41) is 11.9. The molecule has 51 heavy (non-hydrogen) atoms. The molecule has 0 aliphatic heterocycles. The summed E-state index contributed by atoms with van der Waals surface area (Å²) in [5.41, 5.74) is 2.18. The third-order valence-corrected chi connectivity index (χ3v) is 10.2. The number of aromatic amines is 1. The highest BCUT2D eigenvalue weighted by Gasteiger charge is 2.31. The SMILES string of the molecule is CCCCCCCCCCC(Oc1ccc(C(C)(C)CC(C)(C)C)cc1OS(=O)NC(C)c1nnc2cc(C(C)(C)C)[nH]n12)C(=O)NS(C)(=O)=O. The molecule has 3 unspecified atom stereocenters. The van der Waals surface area contributed by atoms with E-state index < -0.39 is 39.3 Å². The molecule has 3 rings (SSSR count). The number of amides is 1. The number of carbonyl (C=O) groups excluding carboxylic acids is 1. The first-order valence-electron chi connectivity index (χ1n) is 18.2. The number of nitrogens with zero attached hydrogens (tertiary/aromatic N) is 3. The fourth-order valence-corrected chi connectivity index (χ4v) is 7.63. The molecule has 0 spiro atoms. The Balaban J connectivity index is 1.88. The van der Waals surface area contributed by atoms with Crippen LogP contribution in [0.5, 0.6) is 11.5 Å². The Morgan fingerprint density at radius 2 is 1.57 bits per heavy atom. The Hall–Kier alpha value is -2.97. The Morgan fingerprint density at radius 3 is 2.16 bits per heavy atom. The highest BCUT2D eigenvalue weighted by atomic mass is 32.2. The van der Waals surface area contributed by atoms with E-state index in [2.05, 4.69) is 87.1 Å². The van der Waals surface area contributed by atoms with Gasteiger partial charge in [-0.25, -0.2) is 12.9 Å². The first-order valence-corrected chi connectivity index (χ1v) is 21.2. The van der Waals surface area contributed by atoms with E-state index in [1.807, 2.05) is 19.1 Å². The maximum atomic E-state index is 13.6. The van der Waals surface area contributed by atoms with Crippen molar-refractivity contribution in [2.24, 2.45) is 5.41 Å². The van der Waals surface area contributed by atoms with Gasteiger partial charge in [0, 0.05) is 17.2 Å². The number of benzene rings is 1. The van der Waals surface area contributed by atoms with Gasteiger partial charge in [-0.2, -0.15) is 8.93 Å². The number of hydrogen-bond donors (Lipinski definition) is 3. The number of aromatic nitrogens is 4. The first-order chi connectivity index (χ1) is 23.6. The lowest BCUT2D eigenvalue weighted by Crippen LogP contribution is -2.41. The maximum absolute atomic E-state index is 13.6. The summed E-state index contributed by atoms with van der Waals surface area (Å²) in [7, 11) is -3.82. The summed E-state index contributed by atoms with van der Waals surface area (Å²) in [6.45, 7) is 21.1. The molecule has 3 atom stereocenters. The molecule has 12 nitrogen and oxygen atoms in total. The molecule has 1 amide bonds. The van der Waals surface area contributed by atoms with Gasteiger partial charge in [0.15, 0.2) is 29.1 Å². The van der Waals surface area contributed by atoms with E-state index in [1.165, 1.54) is 25.7 Å². The molecule has 1 aromatic carbocycles. The number of H-pyrrole nitrogens is 1. The van der Waals surface area contributed by atoms with Crippen molar-refractivity contribution in [1.29, 1.82) is 0 Å². The van der Waals surface area contributed by atoms with E-state index in [9.17, 15) is 17.4 Å². The van der Waals surface area contributed by atoms with E-state index >= 15 is 0 Å². The zero-order valence-electron chi connectivity index (χ0n) is 32.6. The third kappa shape index (κ3) is 13.5. The number of rotatable bonds is 20. The van der Waals surface area contributed by atoms with Crippen LogP contribution in [0.2, 0.25) is 0 Å². The maximum Gasteiger partial charge on any atom is 0.288 e. The second-order valence-corrected chi connectivity index (χ2v) is 19.3. The van der Waals surface area contributed by atoms with Crippen molar-refractivity contribution in [2.75, 3.05) is 6.26 Å². The minimum Gasteiger partial charge on any atom is -0.477 e. The summed E-state index contributed by atoms with van der Waals surface area (Å²) in [4.78, 5) is 13.2. The largest absolute Gasteiger partial charge is 0.477 e. The molecule has 0 aliphatic rings. The van der Waals surface area contributed by atoms with Crippen LogP contribution in [0.3, 0.4) is 0 Å². The normalized spacial score (nSPS) is 14.7. The molecule has 0 bridgehead atoms. The summed E-state index contributed by atoms with van der Waals surface area (Å²) < 4.78 is 56.8. The molecule has 2 heterocycles. The lowest BCUT2D eigenvalue weighted by Gasteiger charge is -2.33. The van der Waals surface area contributed by atoms with Gasteiger partial charge in [-0.05, 0) is 54.7 Å². The number of carbonyl (C=O) groups is 1. The predicted molar refractivity (Wildman–Crippen MR) is 205 cm³/mol. The van der Waals surface area contributed by atoms with Crippen LogP contribution >= 0.6 is 0 Å². The van der Waals surface area contributed by atoms with Gasteiger partial charge in [0.2, 0.25) is 10.0 Å². The van der Waals surface area contributed by atoms with Gasteiger partial charge in [-0.3, -0.25) is 14.6 Å². The van der Waals surface area contributed by atoms with Crippen LogP contribution in [-0.4, -0.2) is 50.7 Å². The standard InChI is InChI=1S/C37H62N6O6S2/c1-12-13-14-15-16-17-18-19-20-29(34(44)42-51(11,46)47)48-28-22-21-27(37(9,10)25-35(3,4)5)23-30(28)49-50(45)41-26(2)33-39-38-32-24-31(36(6,7)8)40-43(32)33/h21-24,26,29,40-41H,12-20,25H2,1-11H3,(H,42,44). The lowest BCUT2D eigenvalue weighted by molar-refractivity contribution is -0.126. The Bertz CT molecular complexity index is 1720. The molecule has 3 aromatic rings. The highest BCUT2D eigenvalue weighted by Crippen LogP contribution is 2.40. The van der Waals surface area contributed by atoms with Gasteiger partial charge in [0.1, 0.15) is 0 Å². The van der Waals surface area contributed by atoms with Crippen molar-refractivity contribution < 1.29 is 26.3 Å². The van der Waals surface area contributed by atoms with Gasteiger partial charge in [-0.15, -0.1) is 10.2 Å². The summed E-state index contributed by atoms with van der Waals surface area (Å²) in [5.74, 6) is 0.122. The van der Waals surface area contributed by atoms with Crippen LogP contribution in [0.4, 0.5) is 0 Å². The topological polar surface area (TPSA) is 157 Å². The molecule has 0 saturated carbocycles. The van der Waals surface area contributed by atoms with E-state index in [4.69, 9.17) is 8.92 Å². The van der Waals surface area contributed by atoms with Crippen LogP contribution in [0.15, 0.2) is 24.3 Å². The highest BCUT2D eigenvalue weighted by molar-refractivity contribution is 7.89. The van der Waals surface area contributed by atoms with Gasteiger partial charge in [0.05, 0.1) is 12.3 Å². The molecule has 3 N–H and O–H groups in total. The quantitative estimate of drug-likeness (QED) is 0.0991. The molecule has 0 saturated heterocycles. The van der Waals surface area contributed by atoms with Crippen molar-refractivity contribution >= 4 is 32.8 Å². The van der Waals surface area contributed by atoms with Crippen molar-refractivity contribution in [3.8, 4) is 11.5 Å². The van der Waals surface area contributed by atoms with Gasteiger partial charge >= 0.3 is 0 Å². The van der Waals surface area contributed by atoms with Crippen LogP contribution in [-0.2, 0) is 36.9 Å². The zero-order chi connectivity index (χ0) is 38.2. The summed E-state index contributed by atoms with van der Waals surface area (Å²) in [6.07, 6.45) is 9.51. The summed E-state index contributed by atoms with van der Waals surface area (Å²) in [6, 6.07) is 6.82. The van der Waals surface area contributed by atoms with E-state index in [1.54, 1.807) is 16.6 Å². The fourth-order valence-electron chi connectivity index (χ4n) is 6.39. The smallest absolute Gasteiger partial charge is 0.288 e. The Kier molecular flexibility index (Phi) is 14.7. The lowest BCUT2D eigenvalue weighted by atomic mass is 9.72. The number of fused-ring (bicyclic) bond motifs is 1. The molecule has 14 heteroatoms. The Morgan fingerprint density at radius 1 is 0.941 bits per heavy atom. The number of nitrogens with one attached hydrogen (secondary N) is 3. The van der Waals surface area contributed by atoms with Crippen LogP contribution in [0.1, 0.15) is 157 Å². The molecule has 288 valence electrons. The van der Waals surface area contributed by atoms with E-state index in [-0.39, 0.29) is 27.7 Å². The predicted octanol–water partition coefficient (Wildman–Crippen LogP) is 7.73. The van der Waals surface area contributed by atoms with Gasteiger partial charge < -0.3 is 8.92 Å². The van der Waals surface area contributed by atoms with Crippen molar-refractivity contribution in [3.05, 3.63) is 41.3 Å². The van der Waals surface area contributed by atoms with Gasteiger partial charge in [0.25, 0.3) is 17.2 Å². The minimum absolute atomic E-state index is 0.0264. The number of sulfonamides is 1. The van der Waals surface area contributed by atoms with Gasteiger partial charge in [-0.1, -0.05) is 113 Å². The van der Waals surface area contributed by atoms with Crippen molar-refractivity contribution in [3.63, 3.8) is 0 Å². The molecular formula is C37H62N6O6S2. The third-order valence-electron chi connectivity index (χ3n) is 8.72. The molecule has 2 aromatic heterocycles. The zero-order valence-corrected chi connectivity index (χ0v) is 34.3. The van der Waals surface area contributed by atoms with E-state index in [0.29, 0.717) is 24.3 Å². The van der Waals surface area contributed by atoms with Crippen molar-refractivity contribution in [2.45, 2.75) is 156 Å². The van der Waals surface area contributed by atoms with Crippen molar-refractivity contribution in [1.82, 2.24) is 29.3 Å². The van der Waals surface area contributed by atoms with Crippen LogP contribution in [0, 0.1) is 5.41 Å². The Labute approximate surface area is 308 Å². The van der Waals surface area contributed by atoms with Crippen LogP contribution < -0.4 is 18.4 Å². The average Bonchev–Trinajstić information content (AvgIpc) is 3.58. The van der Waals surface area contributed by atoms with E-state index in [0.717, 1.165) is 43.2 Å². The second kappa shape index (κ2) is 17.7. The number of unbranched alkanes of at least 4 members (excludes halogenated alkanes) is 7. The fraction of sp³-hybridized carbons (Fsp3) is 0.703. The monoisotopic (exact) mass is 750 g/mol. The second-order valence-electron chi connectivity index (χ2n) is 16.7. The summed E-state index contributed by atoms with van der Waals surface area (Å²) >= 11 is -2.08. The number of hydrogen-bond acceptors (Lipinski definition) is 8. The molecule has 0 fully saturated rings. The minimum atomic E-state index is -3.82. The number of ether oxygens (including phenoxy) is 1. The average molecular weight is 751 g/mol. The first kappa shape index (κ1) is 42.4. The molecule has 0 aliphatic carbocycles.